The minimum Gasteiger partial charge on any atom is -0.467 e. The van der Waals surface area contributed by atoms with Crippen LogP contribution in [0.2, 0.25) is 0 Å². The van der Waals surface area contributed by atoms with E-state index in [1.165, 1.54) is 0 Å². The molecule has 0 bridgehead atoms. The molecule has 130 valence electrons. The van der Waals surface area contributed by atoms with E-state index in [2.05, 4.69) is 16.2 Å². The Morgan fingerprint density at radius 3 is 2.96 bits per heavy atom. The Morgan fingerprint density at radius 2 is 2.23 bits per heavy atom. The van der Waals surface area contributed by atoms with Crippen LogP contribution in [0.4, 0.5) is 5.69 Å². The summed E-state index contributed by atoms with van der Waals surface area (Å²) in [4.78, 5) is 14.6. The summed E-state index contributed by atoms with van der Waals surface area (Å²) in [5, 5.41) is 8.25. The van der Waals surface area contributed by atoms with Crippen molar-refractivity contribution in [2.75, 3.05) is 4.90 Å². The van der Waals surface area contributed by atoms with E-state index in [-0.39, 0.29) is 12.5 Å². The maximum absolute atomic E-state index is 13.0. The van der Waals surface area contributed by atoms with Gasteiger partial charge in [-0.15, -0.1) is 11.5 Å². The average molecular weight is 346 g/mol. The Labute approximate surface area is 151 Å². The van der Waals surface area contributed by atoms with Gasteiger partial charge in [0.15, 0.2) is 0 Å². The van der Waals surface area contributed by atoms with E-state index in [1.54, 1.807) is 21.9 Å². The van der Waals surface area contributed by atoms with Crippen molar-refractivity contribution in [3.05, 3.63) is 65.9 Å². The highest BCUT2D eigenvalue weighted by Gasteiger charge is 2.27. The molecule has 1 aliphatic rings. The summed E-state index contributed by atoms with van der Waals surface area (Å²) in [7, 11) is 0. The normalized spacial score (nSPS) is 13.3. The third-order valence-corrected chi connectivity index (χ3v) is 4.37. The Balaban J connectivity index is 1.58. The molecule has 4 rings (SSSR count). The number of hydrogen-bond acceptors (Lipinski definition) is 4. The van der Waals surface area contributed by atoms with E-state index in [1.807, 2.05) is 36.5 Å². The van der Waals surface area contributed by atoms with E-state index in [0.29, 0.717) is 18.2 Å². The number of aromatic nitrogens is 3. The molecule has 6 nitrogen and oxygen atoms in total. The molecule has 3 aromatic rings. The summed E-state index contributed by atoms with van der Waals surface area (Å²) in [5.74, 6) is 3.70. The lowest BCUT2D eigenvalue weighted by molar-refractivity contribution is -0.119. The van der Waals surface area contributed by atoms with E-state index >= 15 is 0 Å². The molecule has 0 unspecified atom stereocenters. The van der Waals surface area contributed by atoms with Crippen LogP contribution in [0, 0.1) is 12.3 Å². The van der Waals surface area contributed by atoms with Gasteiger partial charge in [-0.25, -0.2) is 4.68 Å². The molecule has 0 saturated heterocycles. The lowest BCUT2D eigenvalue weighted by Gasteiger charge is -2.22. The number of rotatable bonds is 6. The monoisotopic (exact) mass is 346 g/mol. The SMILES string of the molecule is C#Cc1cccc(N(Cc2ccco2)C(=O)Cn2cc(C3CC3)nn2)c1. The van der Waals surface area contributed by atoms with Crippen LogP contribution < -0.4 is 4.90 Å². The lowest BCUT2D eigenvalue weighted by Crippen LogP contribution is -2.33. The smallest absolute Gasteiger partial charge is 0.249 e. The van der Waals surface area contributed by atoms with Crippen molar-refractivity contribution in [1.29, 1.82) is 0 Å². The fourth-order valence-corrected chi connectivity index (χ4v) is 2.83. The first-order valence-electron chi connectivity index (χ1n) is 8.52. The number of carbonyl (C=O) groups excluding carboxylic acids is 1. The maximum atomic E-state index is 13.0. The number of hydrogen-bond donors (Lipinski definition) is 0. The molecule has 1 aliphatic carbocycles. The number of furan rings is 1. The van der Waals surface area contributed by atoms with E-state index < -0.39 is 0 Å². The Morgan fingerprint density at radius 1 is 1.35 bits per heavy atom. The van der Waals surface area contributed by atoms with Gasteiger partial charge in [0.05, 0.1) is 18.5 Å². The van der Waals surface area contributed by atoms with Gasteiger partial charge >= 0.3 is 0 Å². The molecule has 1 saturated carbocycles. The van der Waals surface area contributed by atoms with Crippen LogP contribution in [-0.4, -0.2) is 20.9 Å². The average Bonchev–Trinajstić information content (AvgIpc) is 3.18. The highest BCUT2D eigenvalue weighted by atomic mass is 16.3. The largest absolute Gasteiger partial charge is 0.467 e. The fraction of sp³-hybridized carbons (Fsp3) is 0.250. The first kappa shape index (κ1) is 16.2. The molecular weight excluding hydrogens is 328 g/mol. The zero-order valence-corrected chi connectivity index (χ0v) is 14.2. The fourth-order valence-electron chi connectivity index (χ4n) is 2.83. The standard InChI is InChI=1S/C20H18N4O2/c1-2-15-5-3-6-17(11-15)24(12-18-7-4-10-26-18)20(25)14-23-13-19(21-22-23)16-8-9-16/h1,3-7,10-11,13,16H,8-9,12,14H2. The molecule has 6 heteroatoms. The summed E-state index contributed by atoms with van der Waals surface area (Å²) >= 11 is 0. The van der Waals surface area contributed by atoms with Crippen LogP contribution in [0.5, 0.6) is 0 Å². The third-order valence-electron chi connectivity index (χ3n) is 4.37. The number of benzene rings is 1. The second-order valence-corrected chi connectivity index (χ2v) is 6.37. The summed E-state index contributed by atoms with van der Waals surface area (Å²) in [6.45, 7) is 0.435. The van der Waals surface area contributed by atoms with Crippen LogP contribution in [0.1, 0.15) is 35.8 Å². The van der Waals surface area contributed by atoms with Gasteiger partial charge in [0.25, 0.3) is 0 Å². The molecule has 0 aliphatic heterocycles. The second-order valence-electron chi connectivity index (χ2n) is 6.37. The first-order chi connectivity index (χ1) is 12.7. The van der Waals surface area contributed by atoms with Gasteiger partial charge in [-0.1, -0.05) is 17.2 Å². The van der Waals surface area contributed by atoms with Crippen molar-refractivity contribution >= 4 is 11.6 Å². The van der Waals surface area contributed by atoms with Gasteiger partial charge in [-0.2, -0.15) is 0 Å². The molecule has 1 fully saturated rings. The highest BCUT2D eigenvalue weighted by Crippen LogP contribution is 2.38. The molecular formula is C20H18N4O2. The summed E-state index contributed by atoms with van der Waals surface area (Å²) in [5.41, 5.74) is 2.41. The Kier molecular flexibility index (Phi) is 4.28. The van der Waals surface area contributed by atoms with Gasteiger partial charge in [0, 0.05) is 23.4 Å². The van der Waals surface area contributed by atoms with Crippen LogP contribution >= 0.6 is 0 Å². The van der Waals surface area contributed by atoms with Crippen LogP contribution in [0.15, 0.2) is 53.3 Å². The summed E-state index contributed by atoms with van der Waals surface area (Å²) < 4.78 is 7.01. The van der Waals surface area contributed by atoms with Crippen molar-refractivity contribution in [3.63, 3.8) is 0 Å². The van der Waals surface area contributed by atoms with Gasteiger partial charge in [-0.3, -0.25) is 4.79 Å². The summed E-state index contributed by atoms with van der Waals surface area (Å²) in [6.07, 6.45) is 11.2. The second kappa shape index (κ2) is 6.89. The summed E-state index contributed by atoms with van der Waals surface area (Å²) in [6, 6.07) is 11.0. The third kappa shape index (κ3) is 3.52. The predicted octanol–water partition coefficient (Wildman–Crippen LogP) is 2.96. The number of anilines is 1. The van der Waals surface area contributed by atoms with Gasteiger partial charge < -0.3 is 9.32 Å². The highest BCUT2D eigenvalue weighted by molar-refractivity contribution is 5.93. The predicted molar refractivity (Wildman–Crippen MR) is 96.3 cm³/mol. The molecule has 26 heavy (non-hydrogen) atoms. The van der Waals surface area contributed by atoms with Crippen LogP contribution in [0.25, 0.3) is 0 Å². The number of carbonyl (C=O) groups is 1. The zero-order valence-electron chi connectivity index (χ0n) is 14.2. The minimum absolute atomic E-state index is 0.109. The van der Waals surface area contributed by atoms with E-state index in [4.69, 9.17) is 10.8 Å². The number of terminal acetylenes is 1. The first-order valence-corrected chi connectivity index (χ1v) is 8.52. The maximum Gasteiger partial charge on any atom is 0.249 e. The van der Waals surface area contributed by atoms with Crippen LogP contribution in [-0.2, 0) is 17.9 Å². The van der Waals surface area contributed by atoms with Crippen molar-refractivity contribution in [2.24, 2.45) is 0 Å². The molecule has 0 radical (unpaired) electrons. The Bertz CT molecular complexity index is 948. The number of nitrogens with zero attached hydrogens (tertiary/aromatic N) is 4. The van der Waals surface area contributed by atoms with Crippen LogP contribution in [0.3, 0.4) is 0 Å². The molecule has 0 N–H and O–H groups in total. The molecule has 1 aromatic carbocycles. The molecule has 1 amide bonds. The molecule has 0 atom stereocenters. The molecule has 0 spiro atoms. The lowest BCUT2D eigenvalue weighted by atomic mass is 10.2. The molecule has 2 aromatic heterocycles. The van der Waals surface area contributed by atoms with Gasteiger partial charge in [0.1, 0.15) is 12.3 Å². The van der Waals surface area contributed by atoms with Gasteiger partial charge in [0.2, 0.25) is 5.91 Å². The quantitative estimate of drug-likeness (QED) is 0.644. The topological polar surface area (TPSA) is 64.2 Å². The van der Waals surface area contributed by atoms with Gasteiger partial charge in [-0.05, 0) is 43.2 Å². The minimum atomic E-state index is -0.109. The van der Waals surface area contributed by atoms with E-state index in [9.17, 15) is 4.79 Å². The number of amides is 1. The van der Waals surface area contributed by atoms with Crippen molar-refractivity contribution < 1.29 is 9.21 Å². The Hall–Kier alpha value is -3.33. The molecule has 2 heterocycles. The van der Waals surface area contributed by atoms with Crippen molar-refractivity contribution in [1.82, 2.24) is 15.0 Å². The van der Waals surface area contributed by atoms with Crippen molar-refractivity contribution in [3.8, 4) is 12.3 Å². The van der Waals surface area contributed by atoms with E-state index in [0.717, 1.165) is 29.8 Å². The zero-order chi connectivity index (χ0) is 17.9. The van der Waals surface area contributed by atoms with Crippen molar-refractivity contribution in [2.45, 2.75) is 31.8 Å².